The van der Waals surface area contributed by atoms with Crippen molar-refractivity contribution in [2.24, 2.45) is 11.8 Å². The molecule has 0 spiro atoms. The van der Waals surface area contributed by atoms with Gasteiger partial charge in [0.05, 0.1) is 0 Å². The molecule has 0 radical (unpaired) electrons. The summed E-state index contributed by atoms with van der Waals surface area (Å²) in [6.45, 7) is 8.44. The summed E-state index contributed by atoms with van der Waals surface area (Å²) in [5, 5.41) is 0. The third kappa shape index (κ3) is 3.48. The van der Waals surface area contributed by atoms with E-state index in [9.17, 15) is 4.79 Å². The van der Waals surface area contributed by atoms with Crippen LogP contribution in [0.2, 0.25) is 0 Å². The summed E-state index contributed by atoms with van der Waals surface area (Å²) in [6.07, 6.45) is 0.678. The quantitative estimate of drug-likeness (QED) is 0.729. The minimum absolute atomic E-state index is 0.0589. The molecule has 0 bridgehead atoms. The summed E-state index contributed by atoms with van der Waals surface area (Å²) in [4.78, 5) is 12.2. The molecule has 0 fully saturated rings. The van der Waals surface area contributed by atoms with Crippen LogP contribution in [0.15, 0.2) is 30.3 Å². The second-order valence-corrected chi connectivity index (χ2v) is 5.20. The maximum absolute atomic E-state index is 12.2. The Bertz CT molecular complexity index is 325. The maximum Gasteiger partial charge on any atom is 0.140 e. The van der Waals surface area contributed by atoms with Crippen molar-refractivity contribution in [2.45, 2.75) is 40.0 Å². The van der Waals surface area contributed by atoms with Gasteiger partial charge in [-0.1, -0.05) is 58.0 Å². The molecule has 1 rings (SSSR count). The molecule has 88 valence electrons. The Balaban J connectivity index is 2.88. The van der Waals surface area contributed by atoms with Gasteiger partial charge in [-0.15, -0.1) is 0 Å². The molecule has 16 heavy (non-hydrogen) atoms. The van der Waals surface area contributed by atoms with Gasteiger partial charge in [-0.3, -0.25) is 4.79 Å². The first-order chi connectivity index (χ1) is 7.52. The van der Waals surface area contributed by atoms with E-state index in [1.807, 2.05) is 18.2 Å². The SMILES string of the molecule is CC(C)CC(=O)C(c1ccccc1)C(C)C. The molecule has 0 aromatic heterocycles. The maximum atomic E-state index is 12.2. The first-order valence-corrected chi connectivity index (χ1v) is 6.10. The predicted molar refractivity (Wildman–Crippen MR) is 68.5 cm³/mol. The minimum atomic E-state index is 0.0589. The Morgan fingerprint density at radius 1 is 1.06 bits per heavy atom. The molecule has 0 saturated heterocycles. The summed E-state index contributed by atoms with van der Waals surface area (Å²) < 4.78 is 0. The topological polar surface area (TPSA) is 17.1 Å². The van der Waals surface area contributed by atoms with Gasteiger partial charge < -0.3 is 0 Å². The highest BCUT2D eigenvalue weighted by molar-refractivity contribution is 5.86. The molecule has 1 heteroatoms. The van der Waals surface area contributed by atoms with Crippen molar-refractivity contribution in [3.8, 4) is 0 Å². The van der Waals surface area contributed by atoms with Gasteiger partial charge in [-0.2, -0.15) is 0 Å². The van der Waals surface area contributed by atoms with Crippen molar-refractivity contribution in [1.82, 2.24) is 0 Å². The van der Waals surface area contributed by atoms with E-state index >= 15 is 0 Å². The van der Waals surface area contributed by atoms with Crippen molar-refractivity contribution >= 4 is 5.78 Å². The van der Waals surface area contributed by atoms with Crippen LogP contribution < -0.4 is 0 Å². The molecule has 0 saturated carbocycles. The average molecular weight is 218 g/mol. The van der Waals surface area contributed by atoms with E-state index in [2.05, 4.69) is 39.8 Å². The van der Waals surface area contributed by atoms with Crippen LogP contribution >= 0.6 is 0 Å². The molecule has 0 aliphatic heterocycles. The molecule has 0 heterocycles. The lowest BCUT2D eigenvalue weighted by Crippen LogP contribution is -2.19. The lowest BCUT2D eigenvalue weighted by molar-refractivity contribution is -0.122. The fraction of sp³-hybridized carbons (Fsp3) is 0.533. The van der Waals surface area contributed by atoms with Gasteiger partial charge in [0.25, 0.3) is 0 Å². The number of Topliss-reactive ketones (excluding diaryl/α,β-unsaturated/α-hetero) is 1. The van der Waals surface area contributed by atoms with E-state index in [0.29, 0.717) is 24.0 Å². The molecule has 1 nitrogen and oxygen atoms in total. The zero-order chi connectivity index (χ0) is 12.1. The van der Waals surface area contributed by atoms with Crippen LogP contribution in [0, 0.1) is 11.8 Å². The van der Waals surface area contributed by atoms with Gasteiger partial charge >= 0.3 is 0 Å². The number of hydrogen-bond donors (Lipinski definition) is 0. The number of rotatable bonds is 5. The van der Waals surface area contributed by atoms with Crippen LogP contribution in [0.3, 0.4) is 0 Å². The van der Waals surface area contributed by atoms with E-state index < -0.39 is 0 Å². The summed E-state index contributed by atoms with van der Waals surface area (Å²) in [5.74, 6) is 1.24. The number of ketones is 1. The van der Waals surface area contributed by atoms with Gasteiger partial charge in [0, 0.05) is 12.3 Å². The van der Waals surface area contributed by atoms with E-state index in [0.717, 1.165) is 5.56 Å². The summed E-state index contributed by atoms with van der Waals surface area (Å²) in [7, 11) is 0. The number of carbonyl (C=O) groups is 1. The van der Waals surface area contributed by atoms with Gasteiger partial charge in [0.15, 0.2) is 0 Å². The van der Waals surface area contributed by atoms with E-state index in [1.165, 1.54) is 0 Å². The first-order valence-electron chi connectivity index (χ1n) is 6.10. The van der Waals surface area contributed by atoms with Gasteiger partial charge in [0.2, 0.25) is 0 Å². The monoisotopic (exact) mass is 218 g/mol. The lowest BCUT2D eigenvalue weighted by Gasteiger charge is -2.21. The summed E-state index contributed by atoms with van der Waals surface area (Å²) >= 11 is 0. The third-order valence-electron chi connectivity index (χ3n) is 2.78. The molecule has 0 aliphatic carbocycles. The van der Waals surface area contributed by atoms with Gasteiger partial charge in [-0.05, 0) is 17.4 Å². The highest BCUT2D eigenvalue weighted by Crippen LogP contribution is 2.27. The van der Waals surface area contributed by atoms with Crippen LogP contribution in [-0.4, -0.2) is 5.78 Å². The standard InChI is InChI=1S/C15H22O/c1-11(2)10-14(16)15(12(3)4)13-8-6-5-7-9-13/h5-9,11-12,15H,10H2,1-4H3. The second kappa shape index (κ2) is 5.83. The van der Waals surface area contributed by atoms with Crippen molar-refractivity contribution in [3.05, 3.63) is 35.9 Å². The van der Waals surface area contributed by atoms with Crippen LogP contribution in [0.25, 0.3) is 0 Å². The summed E-state index contributed by atoms with van der Waals surface area (Å²) in [6, 6.07) is 10.1. The molecular formula is C15H22O. The number of benzene rings is 1. The number of carbonyl (C=O) groups excluding carboxylic acids is 1. The van der Waals surface area contributed by atoms with E-state index in [-0.39, 0.29) is 5.92 Å². The highest BCUT2D eigenvalue weighted by Gasteiger charge is 2.23. The summed E-state index contributed by atoms with van der Waals surface area (Å²) in [5.41, 5.74) is 1.16. The number of hydrogen-bond acceptors (Lipinski definition) is 1. The van der Waals surface area contributed by atoms with Crippen molar-refractivity contribution in [1.29, 1.82) is 0 Å². The molecule has 0 N–H and O–H groups in total. The zero-order valence-electron chi connectivity index (χ0n) is 10.7. The van der Waals surface area contributed by atoms with Crippen molar-refractivity contribution in [3.63, 3.8) is 0 Å². The molecule has 1 aromatic rings. The van der Waals surface area contributed by atoms with E-state index in [1.54, 1.807) is 0 Å². The molecule has 1 atom stereocenters. The fourth-order valence-electron chi connectivity index (χ4n) is 2.13. The molecule has 0 amide bonds. The van der Waals surface area contributed by atoms with E-state index in [4.69, 9.17) is 0 Å². The van der Waals surface area contributed by atoms with Crippen molar-refractivity contribution < 1.29 is 4.79 Å². The predicted octanol–water partition coefficient (Wildman–Crippen LogP) is 4.04. The Hall–Kier alpha value is -1.11. The Morgan fingerprint density at radius 2 is 1.62 bits per heavy atom. The molecule has 1 unspecified atom stereocenters. The largest absolute Gasteiger partial charge is 0.299 e. The lowest BCUT2D eigenvalue weighted by atomic mass is 9.82. The van der Waals surface area contributed by atoms with Crippen LogP contribution in [-0.2, 0) is 4.79 Å². The van der Waals surface area contributed by atoms with Gasteiger partial charge in [-0.25, -0.2) is 0 Å². The molecular weight excluding hydrogens is 196 g/mol. The highest BCUT2D eigenvalue weighted by atomic mass is 16.1. The van der Waals surface area contributed by atoms with Crippen molar-refractivity contribution in [2.75, 3.05) is 0 Å². The van der Waals surface area contributed by atoms with Gasteiger partial charge in [0.1, 0.15) is 5.78 Å². The van der Waals surface area contributed by atoms with Crippen LogP contribution in [0.4, 0.5) is 0 Å². The fourth-order valence-corrected chi connectivity index (χ4v) is 2.13. The smallest absolute Gasteiger partial charge is 0.140 e. The minimum Gasteiger partial charge on any atom is -0.299 e. The second-order valence-electron chi connectivity index (χ2n) is 5.20. The first kappa shape index (κ1) is 13.0. The third-order valence-corrected chi connectivity index (χ3v) is 2.78. The normalized spacial score (nSPS) is 13.1. The molecule has 1 aromatic carbocycles. The zero-order valence-corrected chi connectivity index (χ0v) is 10.7. The van der Waals surface area contributed by atoms with Crippen LogP contribution in [0.1, 0.15) is 45.6 Å². The Morgan fingerprint density at radius 3 is 2.06 bits per heavy atom. The Labute approximate surface area is 98.9 Å². The van der Waals surface area contributed by atoms with Crippen LogP contribution in [0.5, 0.6) is 0 Å². The Kier molecular flexibility index (Phi) is 4.72. The average Bonchev–Trinajstić information content (AvgIpc) is 2.17. The molecule has 0 aliphatic rings.